The molecule has 1 aromatic heterocycles. The van der Waals surface area contributed by atoms with Gasteiger partial charge in [0, 0.05) is 90.4 Å². The first-order chi connectivity index (χ1) is 28.7. The van der Waals surface area contributed by atoms with Gasteiger partial charge in [0.05, 0.1) is 39.6 Å². The highest BCUT2D eigenvalue weighted by molar-refractivity contribution is 5.95. The summed E-state index contributed by atoms with van der Waals surface area (Å²) in [6, 6.07) is 10.4. The number of nitrogens with one attached hydrogen (secondary N) is 1. The highest BCUT2D eigenvalue weighted by atomic mass is 16.6. The maximum Gasteiger partial charge on any atom is 0.344 e. The molecule has 2 bridgehead atoms. The first kappa shape index (κ1) is 41.2. The Morgan fingerprint density at radius 1 is 0.933 bits per heavy atom. The highest BCUT2D eigenvalue weighted by Crippen LogP contribution is 2.70. The van der Waals surface area contributed by atoms with Crippen LogP contribution in [0.3, 0.4) is 0 Å². The smallest absolute Gasteiger partial charge is 0.344 e. The predicted molar refractivity (Wildman–Crippen MR) is 222 cm³/mol. The molecule has 14 heteroatoms. The Hall–Kier alpha value is -4.21. The zero-order valence-corrected chi connectivity index (χ0v) is 35.9. The number of piperidine rings is 1. The first-order valence-corrected chi connectivity index (χ1v) is 21.6. The summed E-state index contributed by atoms with van der Waals surface area (Å²) in [7, 11) is 6.07. The Balaban J connectivity index is 1.36. The van der Waals surface area contributed by atoms with E-state index in [1.807, 2.05) is 50.1 Å². The summed E-state index contributed by atoms with van der Waals surface area (Å²) in [6.07, 6.45) is 2.01. The molecule has 6 heterocycles. The molecule has 5 aliphatic heterocycles. The molecule has 11 atom stereocenters. The quantitative estimate of drug-likeness (QED) is 0.193. The van der Waals surface area contributed by atoms with Gasteiger partial charge in [0.25, 0.3) is 0 Å². The van der Waals surface area contributed by atoms with Crippen molar-refractivity contribution in [3.8, 4) is 5.75 Å². The number of rotatable bonds is 8. The maximum absolute atomic E-state index is 15.3. The van der Waals surface area contributed by atoms with Gasteiger partial charge in [-0.1, -0.05) is 32.0 Å². The number of hydrogen-bond acceptors (Lipinski definition) is 13. The molecular weight excluding hydrogens is 769 g/mol. The van der Waals surface area contributed by atoms with Gasteiger partial charge in [-0.2, -0.15) is 0 Å². The average Bonchev–Trinajstić information content (AvgIpc) is 3.99. The van der Waals surface area contributed by atoms with Crippen LogP contribution in [0.2, 0.25) is 0 Å². The molecule has 6 aliphatic rings. The lowest BCUT2D eigenvalue weighted by Crippen LogP contribution is -2.79. The van der Waals surface area contributed by atoms with Gasteiger partial charge in [0.1, 0.15) is 11.2 Å². The second kappa shape index (κ2) is 14.2. The molecule has 4 fully saturated rings. The van der Waals surface area contributed by atoms with Crippen LogP contribution in [-0.2, 0) is 45.8 Å². The minimum absolute atomic E-state index is 0.120. The molecule has 60 heavy (non-hydrogen) atoms. The summed E-state index contributed by atoms with van der Waals surface area (Å²) in [5, 5.41) is 37.3. The number of fused-ring (bicyclic) bond motifs is 6. The number of methoxy groups -OCH3 is 3. The van der Waals surface area contributed by atoms with E-state index in [0.717, 1.165) is 27.7 Å². The fourth-order valence-electron chi connectivity index (χ4n) is 14.1. The number of aromatic amines is 1. The Bertz CT molecular complexity index is 2250. The Kier molecular flexibility index (Phi) is 9.72. The maximum atomic E-state index is 15.3. The Labute approximate surface area is 351 Å². The van der Waals surface area contributed by atoms with Crippen LogP contribution in [-0.4, -0.2) is 145 Å². The van der Waals surface area contributed by atoms with Crippen molar-refractivity contribution in [1.29, 1.82) is 0 Å². The molecular formula is C46H60N4O10. The van der Waals surface area contributed by atoms with E-state index in [1.54, 1.807) is 7.11 Å². The SMILES string of the molecule is CC[C@]1(O)C[C@@H]2CN(CCc3c([nH]c4ccccc34)[C@@](C(=O)OC)(c3cc4c(cc3OC)N(C)[C@H]3[C@@](O)(C(=O)OC)[C@H](OC(C)=O)[C@]5(CC)C[C@@H](CO)N6CC[C@]43[C@@H]65)C2)C1. The third-order valence-electron chi connectivity index (χ3n) is 16.2. The average molecular weight is 829 g/mol. The van der Waals surface area contributed by atoms with E-state index < -0.39 is 57.5 Å². The minimum atomic E-state index is -2.34. The van der Waals surface area contributed by atoms with Gasteiger partial charge in [-0.15, -0.1) is 0 Å². The fraction of sp³-hybridized carbons (Fsp3) is 0.630. The monoisotopic (exact) mass is 828 g/mol. The molecule has 9 rings (SSSR count). The number of anilines is 1. The molecule has 3 aromatic rings. The third-order valence-corrected chi connectivity index (χ3v) is 16.2. The molecule has 0 radical (unpaired) electrons. The standard InChI is InChI=1S/C46H60N4O10/c1-8-42(55)20-27-21-45(40(53)58-6,36-30(14-16-49(23-27)25-42)29-12-10-11-13-33(29)47-36)32-18-31-34(19-35(32)57-5)48(4)38-44(31)15-17-50-28(24-51)22-43(9-2,37(44)50)39(60-26(3)52)46(38,56)41(54)59-7/h10-13,18-19,27-28,37-39,47,51,55-56H,8-9,14-17,20-25H2,1-7H3/t27-,28-,37-,38+,39+,42-,43+,44+,45-,46-/m0/s1. The van der Waals surface area contributed by atoms with Crippen LogP contribution in [0.1, 0.15) is 81.7 Å². The van der Waals surface area contributed by atoms with Gasteiger partial charge < -0.3 is 44.2 Å². The number of nitrogens with zero attached hydrogens (tertiary/aromatic N) is 3. The fourth-order valence-corrected chi connectivity index (χ4v) is 14.1. The van der Waals surface area contributed by atoms with Crippen molar-refractivity contribution in [2.24, 2.45) is 11.3 Å². The van der Waals surface area contributed by atoms with Gasteiger partial charge in [-0.25, -0.2) is 4.79 Å². The van der Waals surface area contributed by atoms with Gasteiger partial charge in [-0.3, -0.25) is 19.4 Å². The number of aromatic nitrogens is 1. The molecule has 324 valence electrons. The number of aliphatic hydroxyl groups excluding tert-OH is 1. The number of benzene rings is 2. The molecule has 1 saturated carbocycles. The topological polar surface area (TPSA) is 174 Å². The first-order valence-electron chi connectivity index (χ1n) is 21.6. The summed E-state index contributed by atoms with van der Waals surface area (Å²) in [5.74, 6) is -1.69. The van der Waals surface area contributed by atoms with Crippen LogP contribution in [0.15, 0.2) is 36.4 Å². The second-order valence-corrected chi connectivity index (χ2v) is 18.7. The Morgan fingerprint density at radius 2 is 1.68 bits per heavy atom. The Morgan fingerprint density at radius 3 is 2.35 bits per heavy atom. The molecule has 1 aliphatic carbocycles. The molecule has 2 aromatic carbocycles. The van der Waals surface area contributed by atoms with E-state index in [4.69, 9.17) is 18.9 Å². The van der Waals surface area contributed by atoms with Crippen LogP contribution in [0.4, 0.5) is 5.69 Å². The summed E-state index contributed by atoms with van der Waals surface area (Å²) in [5.41, 5.74) is -1.95. The van der Waals surface area contributed by atoms with Gasteiger partial charge in [0.15, 0.2) is 6.10 Å². The number of hydrogen-bond donors (Lipinski definition) is 4. The molecule has 1 unspecified atom stereocenters. The van der Waals surface area contributed by atoms with Crippen molar-refractivity contribution in [2.45, 2.75) is 112 Å². The predicted octanol–water partition coefficient (Wildman–Crippen LogP) is 3.19. The number of ether oxygens (including phenoxy) is 4. The number of carbonyl (C=O) groups is 3. The second-order valence-electron chi connectivity index (χ2n) is 18.7. The lowest BCUT2D eigenvalue weighted by molar-refractivity contribution is -0.229. The van der Waals surface area contributed by atoms with E-state index in [-0.39, 0.29) is 24.6 Å². The van der Waals surface area contributed by atoms with Gasteiger partial charge in [-0.05, 0) is 80.7 Å². The number of esters is 3. The number of H-pyrrole nitrogens is 1. The van der Waals surface area contributed by atoms with E-state index in [1.165, 1.54) is 21.1 Å². The molecule has 1 spiro atoms. The summed E-state index contributed by atoms with van der Waals surface area (Å²) < 4.78 is 23.9. The van der Waals surface area contributed by atoms with E-state index in [0.29, 0.717) is 88.1 Å². The van der Waals surface area contributed by atoms with Crippen molar-refractivity contribution in [2.75, 3.05) is 66.1 Å². The molecule has 4 N–H and O–H groups in total. The summed E-state index contributed by atoms with van der Waals surface area (Å²) >= 11 is 0. The number of aliphatic hydroxyl groups is 3. The minimum Gasteiger partial charge on any atom is -0.496 e. The van der Waals surface area contributed by atoms with Crippen LogP contribution >= 0.6 is 0 Å². The zero-order chi connectivity index (χ0) is 42.7. The lowest BCUT2D eigenvalue weighted by Gasteiger charge is -2.61. The van der Waals surface area contributed by atoms with E-state index in [9.17, 15) is 24.9 Å². The number of likely N-dealkylation sites (N-methyl/N-ethyl adjacent to an activating group) is 1. The number of para-hydroxylation sites is 1. The third kappa shape index (κ3) is 5.20. The van der Waals surface area contributed by atoms with E-state index >= 15 is 4.79 Å². The van der Waals surface area contributed by atoms with Crippen LogP contribution in [0.5, 0.6) is 5.75 Å². The summed E-state index contributed by atoms with van der Waals surface area (Å²) in [4.78, 5) is 53.1. The van der Waals surface area contributed by atoms with Crippen LogP contribution in [0.25, 0.3) is 10.9 Å². The van der Waals surface area contributed by atoms with E-state index in [2.05, 4.69) is 26.9 Å². The van der Waals surface area contributed by atoms with Crippen molar-refractivity contribution >= 4 is 34.5 Å². The number of carbonyl (C=O) groups excluding carboxylic acids is 3. The molecule has 14 nitrogen and oxygen atoms in total. The van der Waals surface area contributed by atoms with Gasteiger partial charge in [0.2, 0.25) is 5.60 Å². The zero-order valence-electron chi connectivity index (χ0n) is 35.9. The molecule has 3 saturated heterocycles. The largest absolute Gasteiger partial charge is 0.496 e. The normalized spacial score (nSPS) is 37.9. The van der Waals surface area contributed by atoms with Gasteiger partial charge >= 0.3 is 17.9 Å². The van der Waals surface area contributed by atoms with Crippen LogP contribution < -0.4 is 9.64 Å². The highest BCUT2D eigenvalue weighted by Gasteiger charge is 2.82. The van der Waals surface area contributed by atoms with Crippen molar-refractivity contribution in [3.05, 3.63) is 58.8 Å². The summed E-state index contributed by atoms with van der Waals surface area (Å²) in [6.45, 7) is 7.61. The van der Waals surface area contributed by atoms with Crippen molar-refractivity contribution in [1.82, 2.24) is 14.8 Å². The lowest BCUT2D eigenvalue weighted by atomic mass is 9.48. The van der Waals surface area contributed by atoms with Crippen LogP contribution in [0, 0.1) is 11.3 Å². The van der Waals surface area contributed by atoms with Crippen molar-refractivity contribution in [3.63, 3.8) is 0 Å². The molecule has 0 amide bonds. The van der Waals surface area contributed by atoms with Crippen molar-refractivity contribution < 1.29 is 48.7 Å².